The second-order valence-corrected chi connectivity index (χ2v) is 14.8. The van der Waals surface area contributed by atoms with Gasteiger partial charge in [-0.15, -0.1) is 6.58 Å². The number of aromatic nitrogens is 4. The van der Waals surface area contributed by atoms with Crippen LogP contribution < -0.4 is 15.4 Å². The highest BCUT2D eigenvalue weighted by Crippen LogP contribution is 2.45. The van der Waals surface area contributed by atoms with Gasteiger partial charge in [-0.1, -0.05) is 32.9 Å². The average molecular weight is 688 g/mol. The lowest BCUT2D eigenvalue weighted by Crippen LogP contribution is -2.59. The van der Waals surface area contributed by atoms with Gasteiger partial charge in [0.15, 0.2) is 0 Å². The summed E-state index contributed by atoms with van der Waals surface area (Å²) in [4.78, 5) is 61.1. The Morgan fingerprint density at radius 1 is 1.04 bits per heavy atom. The third kappa shape index (κ3) is 7.48. The molecule has 1 saturated carbocycles. The fourth-order valence-electron chi connectivity index (χ4n) is 6.14. The van der Waals surface area contributed by atoms with Crippen molar-refractivity contribution in [2.75, 3.05) is 13.7 Å². The van der Waals surface area contributed by atoms with Crippen LogP contribution in [-0.2, 0) is 19.1 Å². The summed E-state index contributed by atoms with van der Waals surface area (Å²) in [7, 11) is 1.58. The number of nitrogens with zero attached hydrogens (tertiary/aromatic N) is 5. The summed E-state index contributed by atoms with van der Waals surface area (Å²) < 4.78 is 10.8. The molecule has 5 unspecified atom stereocenters. The van der Waals surface area contributed by atoms with Crippen LogP contribution in [0.2, 0.25) is 0 Å². The first-order valence-electron chi connectivity index (χ1n) is 16.5. The molecule has 1 saturated heterocycles. The number of hydrogen-bond donors (Lipinski definition) is 3. The maximum atomic E-state index is 14.5. The molecule has 3 N–H and O–H groups in total. The highest BCUT2D eigenvalue weighted by Gasteiger charge is 2.61. The molecule has 266 valence electrons. The quantitative estimate of drug-likeness (QED) is 0.261. The van der Waals surface area contributed by atoms with Crippen LogP contribution in [0, 0.1) is 11.3 Å². The summed E-state index contributed by atoms with van der Waals surface area (Å²) in [5.41, 5.74) is -0.761. The highest BCUT2D eigenvalue weighted by molar-refractivity contribution is 5.96. The molecule has 2 fully saturated rings. The van der Waals surface area contributed by atoms with Crippen LogP contribution in [0.5, 0.6) is 5.75 Å². The smallest absolute Gasteiger partial charge is 0.408 e. The van der Waals surface area contributed by atoms with E-state index in [2.05, 4.69) is 22.2 Å². The molecule has 14 heteroatoms. The predicted molar refractivity (Wildman–Crippen MR) is 184 cm³/mol. The minimum atomic E-state index is -1.51. The Morgan fingerprint density at radius 3 is 2.26 bits per heavy atom. The summed E-state index contributed by atoms with van der Waals surface area (Å²) in [5.74, 6) is -2.13. The van der Waals surface area contributed by atoms with Gasteiger partial charge in [-0.05, 0) is 69.0 Å². The zero-order valence-electron chi connectivity index (χ0n) is 29.5. The molecule has 2 aromatic heterocycles. The topological polar surface area (TPSA) is 178 Å². The summed E-state index contributed by atoms with van der Waals surface area (Å²) in [6.07, 6.45) is 2.64. The molecule has 3 heterocycles. The van der Waals surface area contributed by atoms with Gasteiger partial charge in [0, 0.05) is 30.6 Å². The molecular formula is C36H45N7O7. The SMILES string of the molecule is C=CC1CC1(NC(=O)C1CC(n2nc(-c3ccc(OC)cc3)c(-c3ccccn3)n2)CN1C(=O)C(NC(=O)OC(C)(C)C)C(C)(C)C)C(=O)O. The van der Waals surface area contributed by atoms with Gasteiger partial charge < -0.3 is 30.1 Å². The minimum absolute atomic E-state index is 0.00282. The Balaban J connectivity index is 1.53. The van der Waals surface area contributed by atoms with Crippen molar-refractivity contribution in [1.82, 2.24) is 35.5 Å². The van der Waals surface area contributed by atoms with E-state index in [9.17, 15) is 24.3 Å². The van der Waals surface area contributed by atoms with Gasteiger partial charge >= 0.3 is 12.1 Å². The zero-order valence-corrected chi connectivity index (χ0v) is 29.5. The van der Waals surface area contributed by atoms with Crippen molar-refractivity contribution in [1.29, 1.82) is 0 Å². The molecule has 1 aliphatic carbocycles. The first-order chi connectivity index (χ1) is 23.5. The summed E-state index contributed by atoms with van der Waals surface area (Å²) >= 11 is 0. The number of carboxylic acid groups (broad SMARTS) is 1. The van der Waals surface area contributed by atoms with Crippen LogP contribution >= 0.6 is 0 Å². The number of alkyl carbamates (subject to hydrolysis) is 1. The normalized spacial score (nSPS) is 22.3. The Labute approximate surface area is 291 Å². The van der Waals surface area contributed by atoms with Gasteiger partial charge in [0.2, 0.25) is 11.8 Å². The van der Waals surface area contributed by atoms with E-state index >= 15 is 0 Å². The van der Waals surface area contributed by atoms with Crippen molar-refractivity contribution >= 4 is 23.9 Å². The summed E-state index contributed by atoms with van der Waals surface area (Å²) in [5, 5.41) is 25.2. The minimum Gasteiger partial charge on any atom is -0.497 e. The van der Waals surface area contributed by atoms with E-state index in [0.717, 1.165) is 5.56 Å². The molecule has 50 heavy (non-hydrogen) atoms. The lowest BCUT2D eigenvalue weighted by atomic mass is 9.85. The number of carbonyl (C=O) groups excluding carboxylic acids is 3. The molecule has 5 rings (SSSR count). The lowest BCUT2D eigenvalue weighted by Gasteiger charge is -2.36. The number of hydrogen-bond acceptors (Lipinski definition) is 9. The second-order valence-electron chi connectivity index (χ2n) is 14.8. The van der Waals surface area contributed by atoms with Gasteiger partial charge in [-0.2, -0.15) is 15.0 Å². The van der Waals surface area contributed by atoms with E-state index in [0.29, 0.717) is 22.8 Å². The molecule has 3 aromatic rings. The highest BCUT2D eigenvalue weighted by atomic mass is 16.6. The summed E-state index contributed by atoms with van der Waals surface area (Å²) in [6.45, 7) is 14.2. The molecule has 2 aliphatic rings. The van der Waals surface area contributed by atoms with E-state index in [4.69, 9.17) is 19.7 Å². The molecule has 0 bridgehead atoms. The van der Waals surface area contributed by atoms with Gasteiger partial charge in [-0.25, -0.2) is 9.59 Å². The maximum absolute atomic E-state index is 14.5. The monoisotopic (exact) mass is 687 g/mol. The Kier molecular flexibility index (Phi) is 9.77. The molecule has 0 spiro atoms. The maximum Gasteiger partial charge on any atom is 0.408 e. The number of benzene rings is 1. The first kappa shape index (κ1) is 36.0. The van der Waals surface area contributed by atoms with Crippen LogP contribution in [0.15, 0.2) is 61.3 Å². The van der Waals surface area contributed by atoms with Crippen LogP contribution in [0.3, 0.4) is 0 Å². The van der Waals surface area contributed by atoms with Crippen molar-refractivity contribution in [3.63, 3.8) is 0 Å². The van der Waals surface area contributed by atoms with Crippen molar-refractivity contribution in [2.24, 2.45) is 11.3 Å². The average Bonchev–Trinajstić information content (AvgIpc) is 3.37. The lowest BCUT2D eigenvalue weighted by molar-refractivity contribution is -0.146. The number of likely N-dealkylation sites (tertiary alicyclic amines) is 1. The van der Waals surface area contributed by atoms with Crippen LogP contribution in [0.4, 0.5) is 4.79 Å². The van der Waals surface area contributed by atoms with Gasteiger partial charge in [-0.3, -0.25) is 14.6 Å². The third-order valence-electron chi connectivity index (χ3n) is 8.89. The standard InChI is InChI=1S/C36H45N7O7/c1-9-22-19-36(22,32(46)47)39-30(44)26-18-23(20-42(26)31(45)29(34(2,3)4)38-33(48)50-35(5,6)7)43-40-27(21-13-15-24(49-8)16-14-21)28(41-43)25-12-10-11-17-37-25/h9-17,22-23,26,29H,1,18-20H2,2-8H3,(H,38,48)(H,39,44)(H,46,47). The fraction of sp³-hybridized carbons (Fsp3) is 0.472. The number of rotatable bonds is 10. The largest absolute Gasteiger partial charge is 0.497 e. The summed E-state index contributed by atoms with van der Waals surface area (Å²) in [6, 6.07) is 9.99. The molecule has 5 atom stereocenters. The van der Waals surface area contributed by atoms with Gasteiger partial charge in [0.05, 0.1) is 18.8 Å². The number of pyridine rings is 1. The van der Waals surface area contributed by atoms with Crippen molar-refractivity contribution in [3.8, 4) is 28.4 Å². The van der Waals surface area contributed by atoms with Crippen LogP contribution in [-0.4, -0.2) is 90.7 Å². The van der Waals surface area contributed by atoms with E-state index in [-0.39, 0.29) is 19.4 Å². The molecule has 1 aromatic carbocycles. The first-order valence-corrected chi connectivity index (χ1v) is 16.5. The van der Waals surface area contributed by atoms with Crippen molar-refractivity contribution < 1.29 is 33.8 Å². The third-order valence-corrected chi connectivity index (χ3v) is 8.89. The van der Waals surface area contributed by atoms with Crippen LogP contribution in [0.1, 0.15) is 60.4 Å². The van der Waals surface area contributed by atoms with E-state index in [1.807, 2.05) is 36.4 Å². The Hall–Kier alpha value is -5.27. The number of amides is 3. The molecule has 3 amide bonds. The molecule has 0 radical (unpaired) electrons. The number of methoxy groups -OCH3 is 1. The second kappa shape index (κ2) is 13.6. The van der Waals surface area contributed by atoms with Gasteiger partial charge in [0.1, 0.15) is 40.4 Å². The van der Waals surface area contributed by atoms with E-state index in [1.165, 1.54) is 15.8 Å². The van der Waals surface area contributed by atoms with Crippen molar-refractivity contribution in [2.45, 2.75) is 83.6 Å². The Bertz CT molecular complexity index is 1760. The molecule has 1 aliphatic heterocycles. The molecular weight excluding hydrogens is 642 g/mol. The Morgan fingerprint density at radius 2 is 1.72 bits per heavy atom. The fourth-order valence-corrected chi connectivity index (χ4v) is 6.14. The number of nitrogens with one attached hydrogen (secondary N) is 2. The molecule has 14 nitrogen and oxygen atoms in total. The predicted octanol–water partition coefficient (Wildman–Crippen LogP) is 4.24. The van der Waals surface area contributed by atoms with Crippen LogP contribution in [0.25, 0.3) is 22.6 Å². The van der Waals surface area contributed by atoms with Gasteiger partial charge in [0.25, 0.3) is 0 Å². The van der Waals surface area contributed by atoms with Crippen molar-refractivity contribution in [3.05, 3.63) is 61.3 Å². The number of ether oxygens (including phenoxy) is 2. The number of carbonyl (C=O) groups is 4. The zero-order chi connectivity index (χ0) is 36.6. The number of aliphatic carboxylic acids is 1. The van der Waals surface area contributed by atoms with E-state index in [1.54, 1.807) is 60.9 Å². The van der Waals surface area contributed by atoms with E-state index < -0.39 is 64.5 Å². The number of carboxylic acids is 1.